The van der Waals surface area contributed by atoms with Crippen LogP contribution in [0.15, 0.2) is 4.52 Å². The van der Waals surface area contributed by atoms with E-state index in [1.165, 1.54) is 0 Å². The van der Waals surface area contributed by atoms with Crippen LogP contribution >= 0.6 is 0 Å². The van der Waals surface area contributed by atoms with Crippen molar-refractivity contribution in [3.63, 3.8) is 0 Å². The van der Waals surface area contributed by atoms with Crippen molar-refractivity contribution in [2.24, 2.45) is 5.41 Å². The Morgan fingerprint density at radius 3 is 2.83 bits per heavy atom. The zero-order valence-corrected chi connectivity index (χ0v) is 11.1. The fraction of sp³-hybridized carbons (Fsp3) is 0.750. The minimum Gasteiger partial charge on any atom is -0.481 e. The molecule has 6 heteroatoms. The van der Waals surface area contributed by atoms with Gasteiger partial charge in [0.15, 0.2) is 5.82 Å². The number of nitrogens with zero attached hydrogens (tertiary/aromatic N) is 2. The average molecular weight is 256 g/mol. The highest BCUT2D eigenvalue weighted by molar-refractivity contribution is 5.67. The summed E-state index contributed by atoms with van der Waals surface area (Å²) in [6.07, 6.45) is 2.09. The molecule has 18 heavy (non-hydrogen) atoms. The number of hydrogen-bond donors (Lipinski definition) is 1. The van der Waals surface area contributed by atoms with Gasteiger partial charge in [0.1, 0.15) is 0 Å². The summed E-state index contributed by atoms with van der Waals surface area (Å²) in [5, 5.41) is 12.7. The monoisotopic (exact) mass is 256 g/mol. The Morgan fingerprint density at radius 2 is 2.22 bits per heavy atom. The third kappa shape index (κ3) is 5.27. The van der Waals surface area contributed by atoms with Crippen molar-refractivity contribution in [2.45, 2.75) is 39.5 Å². The normalized spacial score (nSPS) is 11.7. The lowest BCUT2D eigenvalue weighted by Crippen LogP contribution is -2.19. The summed E-state index contributed by atoms with van der Waals surface area (Å²) in [5.74, 6) is 0.321. The molecule has 0 fully saturated rings. The van der Waals surface area contributed by atoms with Gasteiger partial charge in [-0.05, 0) is 11.8 Å². The standard InChI is InChI=1S/C12H20N2O4/c1-12(2,8-11(15)16)7-10-13-9(14-18-10)5-4-6-17-3/h4-8H2,1-3H3,(H,15,16). The molecule has 0 radical (unpaired) electrons. The Balaban J connectivity index is 2.50. The highest BCUT2D eigenvalue weighted by atomic mass is 16.5. The lowest BCUT2D eigenvalue weighted by molar-refractivity contribution is -0.139. The molecule has 0 aliphatic rings. The predicted molar refractivity (Wildman–Crippen MR) is 64.2 cm³/mol. The second-order valence-electron chi connectivity index (χ2n) is 5.11. The number of ether oxygens (including phenoxy) is 1. The van der Waals surface area contributed by atoms with Crippen LogP contribution in [-0.4, -0.2) is 34.9 Å². The van der Waals surface area contributed by atoms with E-state index in [1.807, 2.05) is 13.8 Å². The third-order valence-electron chi connectivity index (χ3n) is 2.52. The van der Waals surface area contributed by atoms with Crippen molar-refractivity contribution in [2.75, 3.05) is 13.7 Å². The van der Waals surface area contributed by atoms with E-state index in [0.29, 0.717) is 31.2 Å². The molecule has 102 valence electrons. The first kappa shape index (κ1) is 14.6. The van der Waals surface area contributed by atoms with Crippen LogP contribution in [0.25, 0.3) is 0 Å². The first-order valence-electron chi connectivity index (χ1n) is 5.95. The Bertz CT molecular complexity index is 387. The van der Waals surface area contributed by atoms with Crippen molar-refractivity contribution in [3.8, 4) is 0 Å². The number of methoxy groups -OCH3 is 1. The highest BCUT2D eigenvalue weighted by Gasteiger charge is 2.25. The molecule has 6 nitrogen and oxygen atoms in total. The van der Waals surface area contributed by atoms with E-state index in [0.717, 1.165) is 6.42 Å². The van der Waals surface area contributed by atoms with E-state index in [4.69, 9.17) is 14.4 Å². The van der Waals surface area contributed by atoms with Gasteiger partial charge in [0.25, 0.3) is 0 Å². The van der Waals surface area contributed by atoms with E-state index in [2.05, 4.69) is 10.1 Å². The maximum absolute atomic E-state index is 10.7. The Kier molecular flexibility index (Phi) is 5.27. The van der Waals surface area contributed by atoms with Gasteiger partial charge in [0, 0.05) is 26.6 Å². The van der Waals surface area contributed by atoms with E-state index in [9.17, 15) is 4.79 Å². The van der Waals surface area contributed by atoms with Gasteiger partial charge in [-0.25, -0.2) is 0 Å². The summed E-state index contributed by atoms with van der Waals surface area (Å²) in [6, 6.07) is 0. The quantitative estimate of drug-likeness (QED) is 0.712. The van der Waals surface area contributed by atoms with Gasteiger partial charge >= 0.3 is 5.97 Å². The van der Waals surface area contributed by atoms with E-state index in [1.54, 1.807) is 7.11 Å². The smallest absolute Gasteiger partial charge is 0.303 e. The van der Waals surface area contributed by atoms with Crippen LogP contribution in [0.1, 0.15) is 38.4 Å². The molecule has 0 saturated carbocycles. The van der Waals surface area contributed by atoms with Gasteiger partial charge in [-0.15, -0.1) is 0 Å². The minimum atomic E-state index is -0.820. The van der Waals surface area contributed by atoms with Crippen LogP contribution in [0.4, 0.5) is 0 Å². The maximum atomic E-state index is 10.7. The van der Waals surface area contributed by atoms with Crippen molar-refractivity contribution in [1.82, 2.24) is 10.1 Å². The summed E-state index contributed by atoms with van der Waals surface area (Å²) in [5.41, 5.74) is -0.387. The number of aromatic nitrogens is 2. The molecule has 0 bridgehead atoms. The summed E-state index contributed by atoms with van der Waals surface area (Å²) in [7, 11) is 1.65. The first-order chi connectivity index (χ1) is 8.43. The molecule has 0 aliphatic carbocycles. The van der Waals surface area contributed by atoms with Gasteiger partial charge in [0.05, 0.1) is 6.42 Å². The molecule has 0 saturated heterocycles. The topological polar surface area (TPSA) is 85.5 Å². The second-order valence-corrected chi connectivity index (χ2v) is 5.11. The minimum absolute atomic E-state index is 0.0778. The molecule has 0 aromatic carbocycles. The van der Waals surface area contributed by atoms with Crippen LogP contribution in [0.5, 0.6) is 0 Å². The summed E-state index contributed by atoms with van der Waals surface area (Å²) in [4.78, 5) is 15.0. The van der Waals surface area contributed by atoms with Gasteiger partial charge in [-0.3, -0.25) is 4.79 Å². The van der Waals surface area contributed by atoms with Crippen LogP contribution < -0.4 is 0 Å². The Labute approximate surface area is 106 Å². The molecule has 1 aromatic heterocycles. The molecule has 1 aromatic rings. The fourth-order valence-electron chi connectivity index (χ4n) is 1.72. The van der Waals surface area contributed by atoms with Gasteiger partial charge < -0.3 is 14.4 Å². The highest BCUT2D eigenvalue weighted by Crippen LogP contribution is 2.25. The van der Waals surface area contributed by atoms with Crippen LogP contribution in [0.3, 0.4) is 0 Å². The molecule has 0 atom stereocenters. The van der Waals surface area contributed by atoms with Crippen LogP contribution in [0.2, 0.25) is 0 Å². The maximum Gasteiger partial charge on any atom is 0.303 e. The first-order valence-corrected chi connectivity index (χ1v) is 5.95. The van der Waals surface area contributed by atoms with E-state index in [-0.39, 0.29) is 11.8 Å². The molecule has 0 unspecified atom stereocenters. The van der Waals surface area contributed by atoms with Gasteiger partial charge in [-0.2, -0.15) is 4.98 Å². The van der Waals surface area contributed by atoms with Crippen molar-refractivity contribution < 1.29 is 19.2 Å². The molecule has 0 spiro atoms. The second kappa shape index (κ2) is 6.49. The molecular formula is C12H20N2O4. The van der Waals surface area contributed by atoms with Crippen LogP contribution in [-0.2, 0) is 22.4 Å². The average Bonchev–Trinajstić information content (AvgIpc) is 2.63. The summed E-state index contributed by atoms with van der Waals surface area (Å²) in [6.45, 7) is 4.40. The van der Waals surface area contributed by atoms with Gasteiger partial charge in [-0.1, -0.05) is 19.0 Å². The third-order valence-corrected chi connectivity index (χ3v) is 2.52. The number of aliphatic carboxylic acids is 1. The van der Waals surface area contributed by atoms with Crippen LogP contribution in [0, 0.1) is 5.41 Å². The summed E-state index contributed by atoms with van der Waals surface area (Å²) < 4.78 is 10.1. The largest absolute Gasteiger partial charge is 0.481 e. The lowest BCUT2D eigenvalue weighted by atomic mass is 9.86. The molecule has 1 heterocycles. The lowest BCUT2D eigenvalue weighted by Gasteiger charge is -2.19. The van der Waals surface area contributed by atoms with E-state index >= 15 is 0 Å². The van der Waals surface area contributed by atoms with Gasteiger partial charge in [0.2, 0.25) is 5.89 Å². The molecule has 0 aliphatic heterocycles. The molecule has 1 N–H and O–H groups in total. The van der Waals surface area contributed by atoms with Crippen molar-refractivity contribution in [3.05, 3.63) is 11.7 Å². The zero-order chi connectivity index (χ0) is 13.6. The number of aryl methyl sites for hydroxylation is 1. The van der Waals surface area contributed by atoms with Crippen molar-refractivity contribution in [1.29, 1.82) is 0 Å². The number of rotatable bonds is 8. The molecular weight excluding hydrogens is 236 g/mol. The number of carbonyl (C=O) groups is 1. The number of hydrogen-bond acceptors (Lipinski definition) is 5. The number of carboxylic acids is 1. The van der Waals surface area contributed by atoms with Crippen molar-refractivity contribution >= 4 is 5.97 Å². The zero-order valence-electron chi connectivity index (χ0n) is 11.1. The number of carboxylic acid groups (broad SMARTS) is 1. The Hall–Kier alpha value is -1.43. The molecule has 1 rings (SSSR count). The molecule has 0 amide bonds. The Morgan fingerprint density at radius 1 is 1.50 bits per heavy atom. The summed E-state index contributed by atoms with van der Waals surface area (Å²) >= 11 is 0. The SMILES string of the molecule is COCCCc1noc(CC(C)(C)CC(=O)O)n1. The fourth-order valence-corrected chi connectivity index (χ4v) is 1.72. The van der Waals surface area contributed by atoms with E-state index < -0.39 is 5.97 Å². The predicted octanol–water partition coefficient (Wildman–Crippen LogP) is 1.69.